The number of urea groups is 1. The number of carbonyl (C=O) groups is 1. The SMILES string of the molecule is CCCCCN(CCO)C(=O)Nc1ccccc1-c1cccs1. The van der Waals surface area contributed by atoms with Gasteiger partial charge in [0.15, 0.2) is 0 Å². The molecular formula is C18H24N2O2S. The van der Waals surface area contributed by atoms with E-state index in [0.717, 1.165) is 35.4 Å². The Kier molecular flexibility index (Phi) is 7.10. The lowest BCUT2D eigenvalue weighted by molar-refractivity contribution is 0.187. The van der Waals surface area contributed by atoms with Crippen molar-refractivity contribution >= 4 is 23.1 Å². The number of rotatable bonds is 8. The van der Waals surface area contributed by atoms with E-state index in [0.29, 0.717) is 13.1 Å². The number of anilines is 1. The third-order valence-electron chi connectivity index (χ3n) is 3.64. The number of unbranched alkanes of at least 4 members (excludes halogenated alkanes) is 2. The number of nitrogens with one attached hydrogen (secondary N) is 1. The molecule has 0 aliphatic rings. The Bertz CT molecular complexity index is 599. The summed E-state index contributed by atoms with van der Waals surface area (Å²) in [6, 6.07) is 11.7. The molecule has 0 saturated heterocycles. The summed E-state index contributed by atoms with van der Waals surface area (Å²) >= 11 is 1.65. The van der Waals surface area contributed by atoms with Crippen molar-refractivity contribution < 1.29 is 9.90 Å². The summed E-state index contributed by atoms with van der Waals surface area (Å²) in [5.74, 6) is 0. The van der Waals surface area contributed by atoms with E-state index in [1.807, 2.05) is 41.8 Å². The molecule has 0 fully saturated rings. The van der Waals surface area contributed by atoms with Crippen molar-refractivity contribution in [2.75, 3.05) is 25.0 Å². The highest BCUT2D eigenvalue weighted by atomic mass is 32.1. The maximum Gasteiger partial charge on any atom is 0.321 e. The summed E-state index contributed by atoms with van der Waals surface area (Å²) in [5, 5.41) is 14.2. The van der Waals surface area contributed by atoms with Crippen molar-refractivity contribution in [2.45, 2.75) is 26.2 Å². The number of thiophene rings is 1. The molecule has 0 spiro atoms. The summed E-state index contributed by atoms with van der Waals surface area (Å²) < 4.78 is 0. The highest BCUT2D eigenvalue weighted by Crippen LogP contribution is 2.31. The van der Waals surface area contributed by atoms with Crippen LogP contribution in [-0.2, 0) is 0 Å². The van der Waals surface area contributed by atoms with Gasteiger partial charge >= 0.3 is 6.03 Å². The Hall–Kier alpha value is -1.85. The van der Waals surface area contributed by atoms with Crippen LogP contribution in [-0.4, -0.2) is 35.7 Å². The van der Waals surface area contributed by atoms with Crippen LogP contribution in [0.25, 0.3) is 10.4 Å². The Labute approximate surface area is 141 Å². The van der Waals surface area contributed by atoms with Crippen molar-refractivity contribution in [1.29, 1.82) is 0 Å². The van der Waals surface area contributed by atoms with Gasteiger partial charge in [0, 0.05) is 23.5 Å². The van der Waals surface area contributed by atoms with E-state index in [1.54, 1.807) is 16.2 Å². The van der Waals surface area contributed by atoms with Crippen LogP contribution in [0.5, 0.6) is 0 Å². The molecule has 0 aliphatic heterocycles. The number of hydrogen-bond donors (Lipinski definition) is 2. The third-order valence-corrected chi connectivity index (χ3v) is 4.55. The van der Waals surface area contributed by atoms with Crippen LogP contribution in [0.15, 0.2) is 41.8 Å². The number of aliphatic hydroxyl groups excluding tert-OH is 1. The maximum absolute atomic E-state index is 12.5. The molecule has 2 amide bonds. The van der Waals surface area contributed by atoms with Crippen LogP contribution < -0.4 is 5.32 Å². The Morgan fingerprint density at radius 1 is 1.17 bits per heavy atom. The number of nitrogens with zero attached hydrogens (tertiary/aromatic N) is 1. The summed E-state index contributed by atoms with van der Waals surface area (Å²) in [4.78, 5) is 15.3. The summed E-state index contributed by atoms with van der Waals surface area (Å²) in [7, 11) is 0. The van der Waals surface area contributed by atoms with Gasteiger partial charge < -0.3 is 15.3 Å². The molecule has 0 atom stereocenters. The molecule has 1 aromatic carbocycles. The Balaban J connectivity index is 2.09. The molecule has 2 rings (SSSR count). The molecule has 0 saturated carbocycles. The van der Waals surface area contributed by atoms with Crippen LogP contribution in [0.4, 0.5) is 10.5 Å². The highest BCUT2D eigenvalue weighted by Gasteiger charge is 2.15. The summed E-state index contributed by atoms with van der Waals surface area (Å²) in [5.41, 5.74) is 1.83. The summed E-state index contributed by atoms with van der Waals surface area (Å²) in [6.45, 7) is 3.14. The topological polar surface area (TPSA) is 52.6 Å². The molecule has 5 heteroatoms. The smallest absolute Gasteiger partial charge is 0.321 e. The molecular weight excluding hydrogens is 308 g/mol. The minimum atomic E-state index is -0.154. The first-order valence-corrected chi connectivity index (χ1v) is 8.94. The van der Waals surface area contributed by atoms with Crippen molar-refractivity contribution in [3.8, 4) is 10.4 Å². The first kappa shape index (κ1) is 17.5. The molecule has 2 N–H and O–H groups in total. The largest absolute Gasteiger partial charge is 0.395 e. The van der Waals surface area contributed by atoms with Gasteiger partial charge in [-0.3, -0.25) is 0 Å². The highest BCUT2D eigenvalue weighted by molar-refractivity contribution is 7.13. The van der Waals surface area contributed by atoms with Gasteiger partial charge in [0.25, 0.3) is 0 Å². The minimum Gasteiger partial charge on any atom is -0.395 e. The van der Waals surface area contributed by atoms with Crippen molar-refractivity contribution in [1.82, 2.24) is 4.90 Å². The number of para-hydroxylation sites is 1. The van der Waals surface area contributed by atoms with E-state index in [2.05, 4.69) is 12.2 Å². The first-order chi connectivity index (χ1) is 11.3. The number of amides is 2. The van der Waals surface area contributed by atoms with Crippen LogP contribution >= 0.6 is 11.3 Å². The van der Waals surface area contributed by atoms with Crippen LogP contribution in [0.2, 0.25) is 0 Å². The number of carbonyl (C=O) groups excluding carboxylic acids is 1. The molecule has 0 bridgehead atoms. The predicted molar refractivity (Wildman–Crippen MR) is 97.0 cm³/mol. The molecule has 0 unspecified atom stereocenters. The van der Waals surface area contributed by atoms with Crippen molar-refractivity contribution in [3.63, 3.8) is 0 Å². The zero-order valence-corrected chi connectivity index (χ0v) is 14.3. The van der Waals surface area contributed by atoms with E-state index in [-0.39, 0.29) is 12.6 Å². The lowest BCUT2D eigenvalue weighted by Crippen LogP contribution is -2.37. The molecule has 0 aliphatic carbocycles. The van der Waals surface area contributed by atoms with E-state index < -0.39 is 0 Å². The maximum atomic E-state index is 12.5. The van der Waals surface area contributed by atoms with Gasteiger partial charge in [-0.15, -0.1) is 11.3 Å². The standard InChI is InChI=1S/C18H24N2O2S/c1-2-3-6-11-20(12-13-21)18(22)19-16-9-5-4-8-15(16)17-10-7-14-23-17/h4-5,7-10,14,21H,2-3,6,11-13H2,1H3,(H,19,22). The number of aliphatic hydroxyl groups is 1. The quantitative estimate of drug-likeness (QED) is 0.703. The minimum absolute atomic E-state index is 0.0217. The van der Waals surface area contributed by atoms with Crippen LogP contribution in [0.3, 0.4) is 0 Å². The van der Waals surface area contributed by atoms with Gasteiger partial charge in [-0.05, 0) is 23.9 Å². The second-order valence-electron chi connectivity index (χ2n) is 5.37. The predicted octanol–water partition coefficient (Wildman–Crippen LogP) is 4.43. The van der Waals surface area contributed by atoms with E-state index >= 15 is 0 Å². The molecule has 0 radical (unpaired) electrons. The van der Waals surface area contributed by atoms with Gasteiger partial charge in [-0.1, -0.05) is 44.0 Å². The molecule has 4 nitrogen and oxygen atoms in total. The number of benzene rings is 1. The van der Waals surface area contributed by atoms with Gasteiger partial charge in [-0.25, -0.2) is 4.79 Å². The molecule has 124 valence electrons. The second-order valence-corrected chi connectivity index (χ2v) is 6.32. The summed E-state index contributed by atoms with van der Waals surface area (Å²) in [6.07, 6.45) is 3.15. The van der Waals surface area contributed by atoms with Crippen LogP contribution in [0, 0.1) is 0 Å². The zero-order chi connectivity index (χ0) is 16.5. The van der Waals surface area contributed by atoms with E-state index in [9.17, 15) is 9.90 Å². The average molecular weight is 332 g/mol. The van der Waals surface area contributed by atoms with Gasteiger partial charge in [0.2, 0.25) is 0 Å². The third kappa shape index (κ3) is 5.08. The fourth-order valence-electron chi connectivity index (χ4n) is 2.42. The first-order valence-electron chi connectivity index (χ1n) is 8.06. The monoisotopic (exact) mass is 332 g/mol. The van der Waals surface area contributed by atoms with Crippen LogP contribution in [0.1, 0.15) is 26.2 Å². The lowest BCUT2D eigenvalue weighted by Gasteiger charge is -2.23. The Morgan fingerprint density at radius 3 is 2.70 bits per heavy atom. The van der Waals surface area contributed by atoms with Gasteiger partial charge in [-0.2, -0.15) is 0 Å². The van der Waals surface area contributed by atoms with Crippen molar-refractivity contribution in [3.05, 3.63) is 41.8 Å². The molecule has 23 heavy (non-hydrogen) atoms. The number of hydrogen-bond acceptors (Lipinski definition) is 3. The zero-order valence-electron chi connectivity index (χ0n) is 13.5. The van der Waals surface area contributed by atoms with E-state index in [4.69, 9.17) is 0 Å². The lowest BCUT2D eigenvalue weighted by atomic mass is 10.1. The van der Waals surface area contributed by atoms with E-state index in [1.165, 1.54) is 0 Å². The fourth-order valence-corrected chi connectivity index (χ4v) is 3.19. The molecule has 1 aromatic heterocycles. The van der Waals surface area contributed by atoms with Gasteiger partial charge in [0.05, 0.1) is 12.3 Å². The average Bonchev–Trinajstić information content (AvgIpc) is 3.09. The second kappa shape index (κ2) is 9.33. The molecule has 2 aromatic rings. The fraction of sp³-hybridized carbons (Fsp3) is 0.389. The van der Waals surface area contributed by atoms with Crippen molar-refractivity contribution in [2.24, 2.45) is 0 Å². The molecule has 1 heterocycles. The normalized spacial score (nSPS) is 10.5. The van der Waals surface area contributed by atoms with Gasteiger partial charge in [0.1, 0.15) is 0 Å². The Morgan fingerprint density at radius 2 is 2.00 bits per heavy atom.